The highest BCUT2D eigenvalue weighted by Gasteiger charge is 2.34. The van der Waals surface area contributed by atoms with Crippen LogP contribution in [0.1, 0.15) is 33.6 Å². The van der Waals surface area contributed by atoms with Gasteiger partial charge < -0.3 is 19.4 Å². The first-order chi connectivity index (χ1) is 15.6. The van der Waals surface area contributed by atoms with Gasteiger partial charge in [0.05, 0.1) is 19.4 Å². The second-order valence-electron chi connectivity index (χ2n) is 7.53. The Morgan fingerprint density at radius 2 is 1.94 bits per heavy atom. The van der Waals surface area contributed by atoms with Gasteiger partial charge in [-0.1, -0.05) is 0 Å². The maximum absolute atomic E-state index is 13.5. The second-order valence-corrected chi connectivity index (χ2v) is 8.85. The summed E-state index contributed by atoms with van der Waals surface area (Å²) in [6.45, 7) is 1.19. The van der Waals surface area contributed by atoms with Crippen LogP contribution in [0.5, 0.6) is 5.75 Å². The summed E-state index contributed by atoms with van der Waals surface area (Å²) in [5, 5.41) is -3.77. The summed E-state index contributed by atoms with van der Waals surface area (Å²) in [5.41, 5.74) is 0.164. The maximum atomic E-state index is 13.5. The zero-order chi connectivity index (χ0) is 23.9. The molecule has 0 aliphatic carbocycles. The van der Waals surface area contributed by atoms with Crippen molar-refractivity contribution in [1.29, 1.82) is 0 Å². The molecule has 0 atom stereocenters. The molecule has 0 bridgehead atoms. The van der Waals surface area contributed by atoms with Crippen molar-refractivity contribution in [3.63, 3.8) is 0 Å². The van der Waals surface area contributed by atoms with Gasteiger partial charge in [0, 0.05) is 24.5 Å². The van der Waals surface area contributed by atoms with E-state index in [1.54, 1.807) is 18.4 Å². The molecule has 0 saturated carbocycles. The molecule has 8 nitrogen and oxygen atoms in total. The number of methoxy groups -OCH3 is 1. The van der Waals surface area contributed by atoms with E-state index in [2.05, 4.69) is 0 Å². The first-order valence-electron chi connectivity index (χ1n) is 9.96. The monoisotopic (exact) mass is 499 g/mol. The smallest absolute Gasteiger partial charge is 0.414 e. The van der Waals surface area contributed by atoms with Gasteiger partial charge in [-0.15, -0.1) is 11.8 Å². The van der Waals surface area contributed by atoms with Crippen molar-refractivity contribution in [3.8, 4) is 5.75 Å². The number of carbonyl (C=O) groups is 2. The van der Waals surface area contributed by atoms with Gasteiger partial charge in [-0.05, 0) is 53.6 Å². The maximum Gasteiger partial charge on any atom is 0.414 e. The number of nitrogens with one attached hydrogen (secondary N) is 1. The number of amides is 2. The number of thioether (sulfide) groups is 1. The summed E-state index contributed by atoms with van der Waals surface area (Å²) >= 11 is 6.04. The Labute approximate surface area is 196 Å². The minimum Gasteiger partial charge on any atom is -0.495 e. The van der Waals surface area contributed by atoms with E-state index in [4.69, 9.17) is 21.1 Å². The highest BCUT2D eigenvalue weighted by Crippen LogP contribution is 2.38. The van der Waals surface area contributed by atoms with Crippen molar-refractivity contribution in [2.45, 2.75) is 29.8 Å². The van der Waals surface area contributed by atoms with Gasteiger partial charge in [-0.3, -0.25) is 14.5 Å². The fourth-order valence-corrected chi connectivity index (χ4v) is 4.64. The number of alkyl halides is 3. The number of aromatic nitrogens is 1. The molecule has 4 rings (SSSR count). The molecule has 1 fully saturated rings. The molecule has 2 amide bonds. The SMILES string of the molecule is COc1cc2c(cc1N1CCCOC1=O)CN(C(=O)c1c(SC)cc(C(F)(F)Cl)[nH]c1=O)C2. The summed E-state index contributed by atoms with van der Waals surface area (Å²) in [7, 11) is 1.48. The molecule has 0 radical (unpaired) electrons. The minimum atomic E-state index is -3.77. The van der Waals surface area contributed by atoms with Gasteiger partial charge in [-0.2, -0.15) is 8.78 Å². The van der Waals surface area contributed by atoms with Gasteiger partial charge in [0.15, 0.2) is 0 Å². The summed E-state index contributed by atoms with van der Waals surface area (Å²) in [6, 6.07) is 4.53. The number of ether oxygens (including phenoxy) is 2. The fraction of sp³-hybridized carbons (Fsp3) is 0.381. The van der Waals surface area contributed by atoms with E-state index in [0.29, 0.717) is 31.0 Å². The van der Waals surface area contributed by atoms with Gasteiger partial charge in [0.25, 0.3) is 11.5 Å². The lowest BCUT2D eigenvalue weighted by molar-refractivity contribution is 0.0740. The van der Waals surface area contributed by atoms with Crippen LogP contribution in [0.4, 0.5) is 19.3 Å². The molecule has 2 aliphatic rings. The molecule has 1 saturated heterocycles. The number of halogens is 3. The molecule has 33 heavy (non-hydrogen) atoms. The first kappa shape index (κ1) is 23.4. The summed E-state index contributed by atoms with van der Waals surface area (Å²) in [6.07, 6.45) is 1.78. The van der Waals surface area contributed by atoms with Crippen LogP contribution in [0.3, 0.4) is 0 Å². The number of benzene rings is 1. The molecule has 2 aliphatic heterocycles. The third-order valence-electron chi connectivity index (χ3n) is 5.51. The highest BCUT2D eigenvalue weighted by molar-refractivity contribution is 7.98. The lowest BCUT2D eigenvalue weighted by atomic mass is 10.1. The van der Waals surface area contributed by atoms with Crippen LogP contribution in [0.15, 0.2) is 27.9 Å². The van der Waals surface area contributed by atoms with Crippen LogP contribution >= 0.6 is 23.4 Å². The number of hydrogen-bond acceptors (Lipinski definition) is 6. The zero-order valence-corrected chi connectivity index (χ0v) is 19.3. The third-order valence-corrected chi connectivity index (χ3v) is 6.48. The van der Waals surface area contributed by atoms with Crippen LogP contribution in [0.2, 0.25) is 0 Å². The number of anilines is 1. The van der Waals surface area contributed by atoms with Crippen LogP contribution in [0.25, 0.3) is 0 Å². The molecule has 1 aromatic carbocycles. The van der Waals surface area contributed by atoms with Crippen molar-refractivity contribution in [3.05, 3.63) is 50.9 Å². The Morgan fingerprint density at radius 3 is 2.55 bits per heavy atom. The van der Waals surface area contributed by atoms with Gasteiger partial charge in [-0.25, -0.2) is 4.79 Å². The van der Waals surface area contributed by atoms with Gasteiger partial charge in [0.2, 0.25) is 0 Å². The van der Waals surface area contributed by atoms with Crippen molar-refractivity contribution in [1.82, 2.24) is 9.88 Å². The van der Waals surface area contributed by atoms with E-state index >= 15 is 0 Å². The van der Waals surface area contributed by atoms with Crippen molar-refractivity contribution in [2.24, 2.45) is 0 Å². The standard InChI is InChI=1S/C21H20ClF2N3O5S/c1-31-14-7-12-10-26(9-11(12)6-13(14)27-4-3-5-32-20(27)30)19(29)17-15(33-2)8-16(21(22,23)24)25-18(17)28/h6-8H,3-5,9-10H2,1-2H3,(H,25,28). The minimum absolute atomic E-state index is 0.101. The number of rotatable bonds is 5. The van der Waals surface area contributed by atoms with E-state index < -0.39 is 28.6 Å². The Morgan fingerprint density at radius 1 is 1.24 bits per heavy atom. The number of cyclic esters (lactones) is 1. The Hall–Kier alpha value is -2.79. The number of carbonyl (C=O) groups excluding carboxylic acids is 2. The van der Waals surface area contributed by atoms with E-state index in [9.17, 15) is 23.2 Å². The van der Waals surface area contributed by atoms with Crippen LogP contribution < -0.4 is 15.2 Å². The number of pyridine rings is 1. The molecule has 2 aromatic rings. The Bertz CT molecular complexity index is 1180. The number of aromatic amines is 1. The average molecular weight is 500 g/mol. The first-order valence-corrected chi connectivity index (χ1v) is 11.6. The molecule has 1 N–H and O–H groups in total. The number of fused-ring (bicyclic) bond motifs is 1. The highest BCUT2D eigenvalue weighted by atomic mass is 35.5. The topological polar surface area (TPSA) is 91.9 Å². The van der Waals surface area contributed by atoms with Gasteiger partial charge in [0.1, 0.15) is 17.0 Å². The predicted molar refractivity (Wildman–Crippen MR) is 118 cm³/mol. The molecule has 176 valence electrons. The molecule has 3 heterocycles. The lowest BCUT2D eigenvalue weighted by Gasteiger charge is -2.28. The largest absolute Gasteiger partial charge is 0.495 e. The normalized spacial score (nSPS) is 16.0. The molecular formula is C21H20ClF2N3O5S. The second kappa shape index (κ2) is 8.86. The fourth-order valence-electron chi connectivity index (χ4n) is 3.91. The van der Waals surface area contributed by atoms with Crippen LogP contribution in [-0.4, -0.2) is 48.4 Å². The number of nitrogens with zero attached hydrogens (tertiary/aromatic N) is 2. The lowest BCUT2D eigenvalue weighted by Crippen LogP contribution is -2.38. The van der Waals surface area contributed by atoms with Gasteiger partial charge >= 0.3 is 11.5 Å². The Kier molecular flexibility index (Phi) is 6.28. The molecule has 0 unspecified atom stereocenters. The van der Waals surface area contributed by atoms with Crippen molar-refractivity contribution in [2.75, 3.05) is 31.4 Å². The Balaban J connectivity index is 1.66. The molecule has 12 heteroatoms. The number of hydrogen-bond donors (Lipinski definition) is 1. The van der Waals surface area contributed by atoms with Crippen molar-refractivity contribution < 1.29 is 27.8 Å². The average Bonchev–Trinajstić information content (AvgIpc) is 3.20. The molecule has 1 aromatic heterocycles. The molecule has 0 spiro atoms. The van der Waals surface area contributed by atoms with Crippen LogP contribution in [-0.2, 0) is 23.2 Å². The number of H-pyrrole nitrogens is 1. The van der Waals surface area contributed by atoms with E-state index in [-0.39, 0.29) is 23.5 Å². The summed E-state index contributed by atoms with van der Waals surface area (Å²) in [4.78, 5) is 43.0. The zero-order valence-electron chi connectivity index (χ0n) is 17.7. The van der Waals surface area contributed by atoms with E-state index in [1.165, 1.54) is 16.9 Å². The summed E-state index contributed by atoms with van der Waals surface area (Å²) in [5.74, 6) is -0.141. The summed E-state index contributed by atoms with van der Waals surface area (Å²) < 4.78 is 37.6. The third kappa shape index (κ3) is 4.39. The molecular weight excluding hydrogens is 480 g/mol. The predicted octanol–water partition coefficient (Wildman–Crippen LogP) is 3.90. The van der Waals surface area contributed by atoms with E-state index in [1.807, 2.05) is 4.98 Å². The van der Waals surface area contributed by atoms with Crippen molar-refractivity contribution >= 4 is 41.1 Å². The van der Waals surface area contributed by atoms with E-state index in [0.717, 1.165) is 29.0 Å². The van der Waals surface area contributed by atoms with Crippen LogP contribution in [0, 0.1) is 0 Å². The quantitative estimate of drug-likeness (QED) is 0.495.